The lowest BCUT2D eigenvalue weighted by molar-refractivity contribution is 1.52. The molecule has 0 aliphatic carbocycles. The van der Waals surface area contributed by atoms with Gasteiger partial charge in [0.2, 0.25) is 0 Å². The Morgan fingerprint density at radius 3 is 2.41 bits per heavy atom. The number of hydrogen-bond donors (Lipinski definition) is 0. The predicted molar refractivity (Wildman–Crippen MR) is 139 cm³/mol. The third-order valence-electron chi connectivity index (χ3n) is 4.17. The first-order chi connectivity index (χ1) is 13.1. The Bertz CT molecular complexity index is 1040. The quantitative estimate of drug-likeness (QED) is 0.301. The topological polar surface area (TPSA) is 0 Å². The van der Waals surface area contributed by atoms with Gasteiger partial charge in [0.25, 0.3) is 0 Å². The molecule has 2 aromatic rings. The van der Waals surface area contributed by atoms with Gasteiger partial charge in [-0.2, -0.15) is 0 Å². The molecule has 0 amide bonds. The van der Waals surface area contributed by atoms with Crippen molar-refractivity contribution in [1.29, 1.82) is 0 Å². The van der Waals surface area contributed by atoms with Crippen LogP contribution in [0, 0.1) is 0 Å². The zero-order chi connectivity index (χ0) is 19.1. The maximum Gasteiger partial charge on any atom is 0.0156 e. The maximum absolute atomic E-state index is 2.37. The van der Waals surface area contributed by atoms with Crippen LogP contribution in [0.25, 0.3) is 10.8 Å². The van der Waals surface area contributed by atoms with Crippen molar-refractivity contribution in [3.63, 3.8) is 0 Å². The van der Waals surface area contributed by atoms with Crippen LogP contribution in [0.3, 0.4) is 0 Å². The molecule has 0 unspecified atom stereocenters. The lowest BCUT2D eigenvalue weighted by Gasteiger charge is -2.07. The van der Waals surface area contributed by atoms with Gasteiger partial charge < -0.3 is 0 Å². The molecule has 136 valence electrons. The first-order valence-corrected chi connectivity index (χ1v) is 12.3. The maximum atomic E-state index is 2.37. The molecule has 0 saturated carbocycles. The number of halogens is 2. The number of benzene rings is 2. The second kappa shape index (κ2) is 10.1. The van der Waals surface area contributed by atoms with Crippen molar-refractivity contribution < 1.29 is 0 Å². The van der Waals surface area contributed by atoms with Crippen LogP contribution in [-0.4, -0.2) is 3.51 Å². The highest BCUT2D eigenvalue weighted by Crippen LogP contribution is 2.24. The van der Waals surface area contributed by atoms with Crippen molar-refractivity contribution in [1.82, 2.24) is 0 Å². The van der Waals surface area contributed by atoms with Crippen molar-refractivity contribution in [2.45, 2.75) is 13.8 Å². The zero-order valence-electron chi connectivity index (χ0n) is 15.5. The van der Waals surface area contributed by atoms with E-state index in [1.54, 1.807) is 0 Å². The van der Waals surface area contributed by atoms with Crippen molar-refractivity contribution in [3.8, 4) is 0 Å². The summed E-state index contributed by atoms with van der Waals surface area (Å²) in [6.07, 6.45) is 17.6. The predicted octanol–water partition coefficient (Wildman–Crippen LogP) is 8.18. The second-order valence-electron chi connectivity index (χ2n) is 6.34. The molecule has 0 aromatic heterocycles. The van der Waals surface area contributed by atoms with E-state index in [0.29, 0.717) is 0 Å². The fraction of sp³-hybridized carbons (Fsp3) is 0.0800. The van der Waals surface area contributed by atoms with Gasteiger partial charge in [0.15, 0.2) is 0 Å². The lowest BCUT2D eigenvalue weighted by Crippen LogP contribution is -1.94. The minimum Gasteiger partial charge on any atom is -0.0850 e. The lowest BCUT2D eigenvalue weighted by atomic mass is 10.0. The van der Waals surface area contributed by atoms with E-state index >= 15 is 0 Å². The van der Waals surface area contributed by atoms with Gasteiger partial charge >= 0.3 is 0 Å². The molecule has 2 aromatic carbocycles. The smallest absolute Gasteiger partial charge is 0.0156 e. The summed E-state index contributed by atoms with van der Waals surface area (Å²) in [5.74, 6) is 0. The van der Waals surface area contributed by atoms with Gasteiger partial charge in [0.1, 0.15) is 0 Å². The average molecular weight is 576 g/mol. The van der Waals surface area contributed by atoms with Crippen LogP contribution in [0.4, 0.5) is 0 Å². The fourth-order valence-corrected chi connectivity index (χ4v) is 5.41. The van der Waals surface area contributed by atoms with E-state index in [9.17, 15) is 0 Å². The Labute approximate surface area is 185 Å². The molecule has 2 heteroatoms. The normalized spacial score (nSPS) is 22.2. The molecule has 0 saturated heterocycles. The minimum absolute atomic E-state index is 0.234. The number of fused-ring (bicyclic) bond motifs is 1. The first kappa shape index (κ1) is 20.2. The number of rotatable bonds is 1. The monoisotopic (exact) mass is 576 g/mol. The molecule has 1 aliphatic heterocycles. The highest BCUT2D eigenvalue weighted by Gasteiger charge is 2.04. The molecule has 0 radical (unpaired) electrons. The largest absolute Gasteiger partial charge is 0.0850 e. The summed E-state index contributed by atoms with van der Waals surface area (Å²) in [6.45, 7) is 4.32. The number of hydrogen-bond acceptors (Lipinski definition) is 0. The van der Waals surface area contributed by atoms with Gasteiger partial charge in [-0.25, -0.2) is 0 Å². The van der Waals surface area contributed by atoms with Crippen LogP contribution in [0.2, 0.25) is 0 Å². The van der Waals surface area contributed by atoms with Crippen LogP contribution in [0.15, 0.2) is 110 Å². The van der Waals surface area contributed by atoms with Gasteiger partial charge in [-0.05, 0) is 75.1 Å². The summed E-state index contributed by atoms with van der Waals surface area (Å²) >= 11 is 2.13. The van der Waals surface area contributed by atoms with Crippen LogP contribution >= 0.6 is 43.3 Å². The third kappa shape index (κ3) is 5.98. The van der Waals surface area contributed by atoms with Gasteiger partial charge in [-0.15, -0.1) is 0 Å². The molecule has 0 N–H and O–H groups in total. The van der Waals surface area contributed by atoms with Crippen molar-refractivity contribution in [2.75, 3.05) is 0 Å². The van der Waals surface area contributed by atoms with Gasteiger partial charge in [0.05, 0.1) is 0 Å². The van der Waals surface area contributed by atoms with E-state index in [4.69, 9.17) is 0 Å². The van der Waals surface area contributed by atoms with Gasteiger partial charge in [-0.3, -0.25) is 0 Å². The molecule has 0 fully saturated rings. The van der Waals surface area contributed by atoms with E-state index in [1.807, 2.05) is 0 Å². The van der Waals surface area contributed by atoms with E-state index < -0.39 is 0 Å². The molecule has 0 spiro atoms. The SMILES string of the molecule is CC1=C/C=C(I)/C=C/C=C(C)\C=C/C(c2cccc3ccccc23)=IC=C1. The third-order valence-corrected chi connectivity index (χ3v) is 7.22. The van der Waals surface area contributed by atoms with E-state index in [2.05, 4.69) is 132 Å². The first-order valence-electron chi connectivity index (χ1n) is 8.85. The summed E-state index contributed by atoms with van der Waals surface area (Å²) < 4.78 is 5.03. The second-order valence-corrected chi connectivity index (χ2v) is 10.1. The van der Waals surface area contributed by atoms with E-state index in [-0.39, 0.29) is 20.7 Å². The molecule has 3 rings (SSSR count). The molecule has 0 nitrogen and oxygen atoms in total. The number of allylic oxidation sites excluding steroid dienone is 11. The van der Waals surface area contributed by atoms with Crippen molar-refractivity contribution in [3.05, 3.63) is 115 Å². The molecule has 27 heavy (non-hydrogen) atoms. The van der Waals surface area contributed by atoms with Crippen LogP contribution in [-0.2, 0) is 0 Å². The highest BCUT2D eigenvalue weighted by atomic mass is 127. The van der Waals surface area contributed by atoms with Crippen molar-refractivity contribution >= 4 is 57.6 Å². The molecular formula is C25H22I2. The Balaban J connectivity index is 2.12. The molecule has 1 heterocycles. The van der Waals surface area contributed by atoms with Crippen LogP contribution < -0.4 is 0 Å². The highest BCUT2D eigenvalue weighted by molar-refractivity contribution is 14.2. The van der Waals surface area contributed by atoms with Gasteiger partial charge in [0, 0.05) is 7.09 Å². The molecule has 0 bridgehead atoms. The summed E-state index contributed by atoms with van der Waals surface area (Å²) in [6, 6.07) is 15.3. The molecule has 0 atom stereocenters. The molecule has 1 aliphatic rings. The summed E-state index contributed by atoms with van der Waals surface area (Å²) in [7, 11) is 0. The standard InChI is InChI=1S/C25H22I2/c1-19-7-5-10-22(26)15-13-20(2)17-18-27-25(16-14-19)24-12-6-9-21-8-3-4-11-23(21)24/h3-18H,1-2H3/b7-5?,10-5+,15-13?,16-14-,18-17?,19-7-,19-14?,20-13?,20-17?,22-10?,22-15-,25-16?. The summed E-state index contributed by atoms with van der Waals surface area (Å²) in [5.41, 5.74) is 3.89. The van der Waals surface area contributed by atoms with Crippen molar-refractivity contribution in [2.24, 2.45) is 0 Å². The van der Waals surface area contributed by atoms with E-state index in [1.165, 1.54) is 34.6 Å². The van der Waals surface area contributed by atoms with E-state index in [0.717, 1.165) is 0 Å². The Morgan fingerprint density at radius 2 is 1.52 bits per heavy atom. The minimum atomic E-state index is -0.234. The summed E-state index contributed by atoms with van der Waals surface area (Å²) in [5, 5.41) is 2.63. The fourth-order valence-electron chi connectivity index (χ4n) is 2.69. The Hall–Kier alpha value is -1.53. The molecular weight excluding hydrogens is 554 g/mol. The Morgan fingerprint density at radius 1 is 0.741 bits per heavy atom. The van der Waals surface area contributed by atoms with Gasteiger partial charge in [-0.1, -0.05) is 105 Å². The van der Waals surface area contributed by atoms with Crippen LogP contribution in [0.1, 0.15) is 19.4 Å². The zero-order valence-corrected chi connectivity index (χ0v) is 19.8. The summed E-state index contributed by atoms with van der Waals surface area (Å²) in [4.78, 5) is 0. The van der Waals surface area contributed by atoms with Crippen LogP contribution in [0.5, 0.6) is 0 Å². The average Bonchev–Trinajstić information content (AvgIpc) is 2.68. The Kier molecular flexibility index (Phi) is 7.59.